The molecule has 0 aromatic heterocycles. The quantitative estimate of drug-likeness (QED) is 0.478. The van der Waals surface area contributed by atoms with Gasteiger partial charge < -0.3 is 10.1 Å². The largest absolute Gasteiger partial charge is 0.451 e. The van der Waals surface area contributed by atoms with Crippen molar-refractivity contribution in [3.8, 4) is 0 Å². The van der Waals surface area contributed by atoms with Crippen LogP contribution in [0, 0.1) is 11.8 Å². The lowest BCUT2D eigenvalue weighted by molar-refractivity contribution is -0.163. The van der Waals surface area contributed by atoms with E-state index in [-0.39, 0.29) is 34.2 Å². The molecule has 10 nitrogen and oxygen atoms in total. The van der Waals surface area contributed by atoms with Gasteiger partial charge in [0.1, 0.15) is 6.04 Å². The van der Waals surface area contributed by atoms with E-state index in [4.69, 9.17) is 9.88 Å². The van der Waals surface area contributed by atoms with Crippen LogP contribution in [0.2, 0.25) is 0 Å². The van der Waals surface area contributed by atoms with E-state index in [0.29, 0.717) is 12.8 Å². The SMILES string of the molecule is CC(OC(=O)[C@H](C)N1C(=O)C2CCCCC2C1=O)C(=O)Nc1ccc(S(N)(=O)=O)cc1. The van der Waals surface area contributed by atoms with Gasteiger partial charge >= 0.3 is 5.97 Å². The van der Waals surface area contributed by atoms with Gasteiger partial charge in [0.25, 0.3) is 5.91 Å². The Morgan fingerprint density at radius 2 is 1.58 bits per heavy atom. The van der Waals surface area contributed by atoms with Crippen LogP contribution in [-0.2, 0) is 33.9 Å². The number of anilines is 1. The number of nitrogens with one attached hydrogen (secondary N) is 1. The second-order valence-electron chi connectivity index (χ2n) is 7.86. The summed E-state index contributed by atoms with van der Waals surface area (Å²) in [6, 6.07) is 4.02. The van der Waals surface area contributed by atoms with Crippen LogP contribution in [0.1, 0.15) is 39.5 Å². The van der Waals surface area contributed by atoms with E-state index in [2.05, 4.69) is 5.32 Å². The zero-order valence-electron chi connectivity index (χ0n) is 17.2. The van der Waals surface area contributed by atoms with Crippen molar-refractivity contribution in [2.45, 2.75) is 56.6 Å². The number of carbonyl (C=O) groups excluding carboxylic acids is 4. The second kappa shape index (κ2) is 8.75. The van der Waals surface area contributed by atoms with Gasteiger partial charge in [-0.25, -0.2) is 18.4 Å². The summed E-state index contributed by atoms with van der Waals surface area (Å²) < 4.78 is 27.7. The van der Waals surface area contributed by atoms with E-state index in [0.717, 1.165) is 17.7 Å². The highest BCUT2D eigenvalue weighted by Gasteiger charge is 2.51. The molecule has 31 heavy (non-hydrogen) atoms. The van der Waals surface area contributed by atoms with Gasteiger partial charge in [0.05, 0.1) is 16.7 Å². The van der Waals surface area contributed by atoms with E-state index in [1.165, 1.54) is 38.1 Å². The molecule has 1 heterocycles. The summed E-state index contributed by atoms with van der Waals surface area (Å²) in [7, 11) is -3.86. The second-order valence-corrected chi connectivity index (χ2v) is 9.42. The van der Waals surface area contributed by atoms with Crippen LogP contribution in [0.15, 0.2) is 29.2 Å². The Kier molecular flexibility index (Phi) is 6.46. The summed E-state index contributed by atoms with van der Waals surface area (Å²) in [4.78, 5) is 51.0. The molecule has 3 rings (SSSR count). The molecule has 1 aromatic carbocycles. The number of primary sulfonamides is 1. The van der Waals surface area contributed by atoms with Gasteiger partial charge in [-0.15, -0.1) is 0 Å². The van der Waals surface area contributed by atoms with E-state index >= 15 is 0 Å². The number of hydrogen-bond acceptors (Lipinski definition) is 7. The minimum absolute atomic E-state index is 0.112. The number of nitrogens with two attached hydrogens (primary N) is 1. The van der Waals surface area contributed by atoms with Crippen molar-refractivity contribution in [2.75, 3.05) is 5.32 Å². The third-order valence-corrected chi connectivity index (χ3v) is 6.65. The normalized spacial score (nSPS) is 23.1. The predicted octanol–water partition coefficient (Wildman–Crippen LogP) is 0.768. The first-order valence-corrected chi connectivity index (χ1v) is 11.6. The lowest BCUT2D eigenvalue weighted by Gasteiger charge is -2.23. The third-order valence-electron chi connectivity index (χ3n) is 5.72. The van der Waals surface area contributed by atoms with Gasteiger partial charge in [-0.2, -0.15) is 0 Å². The average molecular weight is 452 g/mol. The van der Waals surface area contributed by atoms with Crippen LogP contribution in [0.4, 0.5) is 5.69 Å². The summed E-state index contributed by atoms with van der Waals surface area (Å²) >= 11 is 0. The monoisotopic (exact) mass is 451 g/mol. The molecule has 2 fully saturated rings. The fourth-order valence-corrected chi connectivity index (χ4v) is 4.49. The van der Waals surface area contributed by atoms with E-state index < -0.39 is 34.0 Å². The molecule has 3 unspecified atom stereocenters. The molecule has 4 atom stereocenters. The van der Waals surface area contributed by atoms with Crippen molar-refractivity contribution in [3.05, 3.63) is 24.3 Å². The van der Waals surface area contributed by atoms with Crippen LogP contribution in [0.5, 0.6) is 0 Å². The smallest absolute Gasteiger partial charge is 0.329 e. The van der Waals surface area contributed by atoms with E-state index in [9.17, 15) is 27.6 Å². The molecule has 168 valence electrons. The number of imide groups is 1. The summed E-state index contributed by atoms with van der Waals surface area (Å²) in [6.07, 6.45) is 1.82. The number of likely N-dealkylation sites (tertiary alicyclic amines) is 1. The van der Waals surface area contributed by atoms with Crippen LogP contribution in [-0.4, -0.2) is 49.2 Å². The molecule has 3 N–H and O–H groups in total. The molecule has 3 amide bonds. The van der Waals surface area contributed by atoms with E-state index in [1.54, 1.807) is 0 Å². The molecule has 11 heteroatoms. The fourth-order valence-electron chi connectivity index (χ4n) is 3.97. The van der Waals surface area contributed by atoms with Gasteiger partial charge in [0.2, 0.25) is 21.8 Å². The third kappa shape index (κ3) is 4.77. The first-order valence-electron chi connectivity index (χ1n) is 10.0. The first-order chi connectivity index (χ1) is 14.5. The number of nitrogens with zero attached hydrogens (tertiary/aromatic N) is 1. The summed E-state index contributed by atoms with van der Waals surface area (Å²) in [5.74, 6) is -2.98. The highest BCUT2D eigenvalue weighted by atomic mass is 32.2. The molecule has 1 aromatic rings. The predicted molar refractivity (Wildman–Crippen MR) is 109 cm³/mol. The molecular formula is C20H25N3O7S. The number of ether oxygens (including phenoxy) is 1. The maximum absolute atomic E-state index is 12.6. The van der Waals surface area contributed by atoms with Gasteiger partial charge in [0.15, 0.2) is 6.10 Å². The minimum atomic E-state index is -3.86. The van der Waals surface area contributed by atoms with Gasteiger partial charge in [-0.05, 0) is 51.0 Å². The van der Waals surface area contributed by atoms with E-state index in [1.807, 2.05) is 0 Å². The number of benzene rings is 1. The summed E-state index contributed by atoms with van der Waals surface area (Å²) in [5.41, 5.74) is 0.280. The fraction of sp³-hybridized carbons (Fsp3) is 0.500. The van der Waals surface area contributed by atoms with Crippen molar-refractivity contribution >= 4 is 39.4 Å². The Labute approximate surface area is 180 Å². The Morgan fingerprint density at radius 3 is 2.06 bits per heavy atom. The molecule has 0 spiro atoms. The highest BCUT2D eigenvalue weighted by Crippen LogP contribution is 2.39. The molecule has 1 saturated heterocycles. The van der Waals surface area contributed by atoms with Crippen molar-refractivity contribution in [1.29, 1.82) is 0 Å². The van der Waals surface area contributed by atoms with Crippen LogP contribution < -0.4 is 10.5 Å². The standard InChI is InChI=1S/C20H25N3O7S/c1-11(23-18(25)15-5-3-4-6-16(15)19(23)26)20(27)30-12(2)17(24)22-13-7-9-14(10-8-13)31(21,28)29/h7-12,15-16H,3-6H2,1-2H3,(H,22,24)(H2,21,28,29)/t11-,12?,15?,16?/m0/s1. The molecule has 0 bridgehead atoms. The topological polar surface area (TPSA) is 153 Å². The molecule has 1 aliphatic carbocycles. The Bertz CT molecular complexity index is 982. The molecule has 1 saturated carbocycles. The van der Waals surface area contributed by atoms with Crippen molar-refractivity contribution in [3.63, 3.8) is 0 Å². The number of rotatable bonds is 6. The van der Waals surface area contributed by atoms with Crippen LogP contribution in [0.25, 0.3) is 0 Å². The maximum atomic E-state index is 12.6. The average Bonchev–Trinajstić information content (AvgIpc) is 2.97. The minimum Gasteiger partial charge on any atom is -0.451 e. The molecule has 2 aliphatic rings. The number of hydrogen-bond donors (Lipinski definition) is 2. The van der Waals surface area contributed by atoms with Crippen LogP contribution in [0.3, 0.4) is 0 Å². The van der Waals surface area contributed by atoms with Gasteiger partial charge in [-0.1, -0.05) is 12.8 Å². The Hall–Kier alpha value is -2.79. The Morgan fingerprint density at radius 1 is 1.06 bits per heavy atom. The number of esters is 1. The molecule has 0 radical (unpaired) electrons. The maximum Gasteiger partial charge on any atom is 0.329 e. The van der Waals surface area contributed by atoms with Crippen LogP contribution >= 0.6 is 0 Å². The summed E-state index contributed by atoms with van der Waals surface area (Å²) in [5, 5.41) is 7.52. The highest BCUT2D eigenvalue weighted by molar-refractivity contribution is 7.89. The number of sulfonamides is 1. The van der Waals surface area contributed by atoms with Gasteiger partial charge in [0, 0.05) is 5.69 Å². The zero-order chi connectivity index (χ0) is 22.9. The lowest BCUT2D eigenvalue weighted by Crippen LogP contribution is -2.46. The lowest BCUT2D eigenvalue weighted by atomic mass is 9.81. The first kappa shape index (κ1) is 22.9. The van der Waals surface area contributed by atoms with Crippen molar-refractivity contribution in [1.82, 2.24) is 4.90 Å². The number of fused-ring (bicyclic) bond motifs is 1. The Balaban J connectivity index is 1.60. The van der Waals surface area contributed by atoms with Crippen molar-refractivity contribution in [2.24, 2.45) is 17.0 Å². The molecule has 1 aliphatic heterocycles. The zero-order valence-corrected chi connectivity index (χ0v) is 18.1. The number of amides is 3. The number of carbonyl (C=O) groups is 4. The van der Waals surface area contributed by atoms with Gasteiger partial charge in [-0.3, -0.25) is 19.3 Å². The summed E-state index contributed by atoms with van der Waals surface area (Å²) in [6.45, 7) is 2.76. The molecular weight excluding hydrogens is 426 g/mol. The van der Waals surface area contributed by atoms with Crippen molar-refractivity contribution < 1.29 is 32.3 Å².